The molecule has 0 radical (unpaired) electrons. The van der Waals surface area contributed by atoms with Crippen LogP contribution in [0.2, 0.25) is 0 Å². The summed E-state index contributed by atoms with van der Waals surface area (Å²) in [6.45, 7) is 2.59. The van der Waals surface area contributed by atoms with E-state index in [0.717, 1.165) is 5.56 Å². The highest BCUT2D eigenvalue weighted by molar-refractivity contribution is 6.07. The number of aromatic nitrogens is 1. The number of H-pyrrole nitrogens is 1. The lowest BCUT2D eigenvalue weighted by Gasteiger charge is -2.29. The maximum Gasteiger partial charge on any atom is 0.322 e. The van der Waals surface area contributed by atoms with Crippen LogP contribution in [0.25, 0.3) is 11.1 Å². The van der Waals surface area contributed by atoms with Crippen LogP contribution in [0.5, 0.6) is 5.75 Å². The van der Waals surface area contributed by atoms with Gasteiger partial charge in [-0.05, 0) is 47.9 Å². The lowest BCUT2D eigenvalue weighted by atomic mass is 9.85. The van der Waals surface area contributed by atoms with E-state index in [-0.39, 0.29) is 31.0 Å². The molecule has 9 nitrogen and oxygen atoms in total. The van der Waals surface area contributed by atoms with Crippen molar-refractivity contribution in [2.45, 2.75) is 25.4 Å². The molecule has 1 atom stereocenters. The molecule has 2 aliphatic rings. The van der Waals surface area contributed by atoms with Crippen LogP contribution < -0.4 is 20.9 Å². The molecule has 1 saturated heterocycles. The normalized spacial score (nSPS) is 18.1. The predicted molar refractivity (Wildman–Crippen MR) is 136 cm³/mol. The Kier molecular flexibility index (Phi) is 6.24. The van der Waals surface area contributed by atoms with Gasteiger partial charge in [-0.15, -0.1) is 5.92 Å². The molecule has 1 fully saturated rings. The summed E-state index contributed by atoms with van der Waals surface area (Å²) in [6.07, 6.45) is 1.73. The summed E-state index contributed by atoms with van der Waals surface area (Å²) in [5.41, 5.74) is 1.58. The van der Waals surface area contributed by atoms with Crippen LogP contribution in [0.3, 0.4) is 0 Å². The third-order valence-corrected chi connectivity index (χ3v) is 6.65. The standard InChI is InChI=1S/C28H24N4O5/c1-2-3-15-37-21-11-8-19-17-32(25(34)23(19)16-21)14-12-28(26(35)30-27(36)31-28)20-9-6-18(7-10-20)22-5-4-13-29-24(22)33/h4-11,13,16H,12,14-15,17H2,1H3,(H,29,33)(H2,30,31,35,36)/t28-/m0/s1. The van der Waals surface area contributed by atoms with Crippen LogP contribution in [0.4, 0.5) is 4.79 Å². The van der Waals surface area contributed by atoms with Gasteiger partial charge in [0.25, 0.3) is 17.4 Å². The van der Waals surface area contributed by atoms with Gasteiger partial charge in [0.05, 0.1) is 0 Å². The molecule has 4 amide bonds. The number of benzene rings is 2. The second kappa shape index (κ2) is 9.66. The van der Waals surface area contributed by atoms with Gasteiger partial charge in [0, 0.05) is 36.8 Å². The van der Waals surface area contributed by atoms with Crippen LogP contribution >= 0.6 is 0 Å². The average molecular weight is 497 g/mol. The molecule has 186 valence electrons. The van der Waals surface area contributed by atoms with Gasteiger partial charge >= 0.3 is 6.03 Å². The SMILES string of the molecule is CC#CCOc1ccc2c(c1)C(=O)N(CC[C@@]1(c3ccc(-c4ccc[nH]c4=O)cc3)NC(=O)NC1=O)C2. The third-order valence-electron chi connectivity index (χ3n) is 6.65. The number of imide groups is 1. The van der Waals surface area contributed by atoms with Crippen molar-refractivity contribution in [1.29, 1.82) is 0 Å². The van der Waals surface area contributed by atoms with Crippen LogP contribution in [-0.4, -0.2) is 40.9 Å². The molecular formula is C28H24N4O5. The Balaban J connectivity index is 1.36. The molecule has 3 heterocycles. The van der Waals surface area contributed by atoms with E-state index in [2.05, 4.69) is 27.5 Å². The molecule has 0 saturated carbocycles. The smallest absolute Gasteiger partial charge is 0.322 e. The second-order valence-corrected chi connectivity index (χ2v) is 8.81. The van der Waals surface area contributed by atoms with Gasteiger partial charge in [0.15, 0.2) is 0 Å². The number of carbonyl (C=O) groups is 3. The number of nitrogens with zero attached hydrogens (tertiary/aromatic N) is 1. The van der Waals surface area contributed by atoms with Gasteiger partial charge < -0.3 is 19.9 Å². The van der Waals surface area contributed by atoms with Crippen molar-refractivity contribution >= 4 is 17.8 Å². The number of fused-ring (bicyclic) bond motifs is 1. The number of nitrogens with one attached hydrogen (secondary N) is 3. The fourth-order valence-electron chi connectivity index (χ4n) is 4.70. The number of pyridine rings is 1. The van der Waals surface area contributed by atoms with Crippen molar-refractivity contribution < 1.29 is 19.1 Å². The first-order chi connectivity index (χ1) is 17.9. The van der Waals surface area contributed by atoms with Gasteiger partial charge in [-0.3, -0.25) is 19.7 Å². The fourth-order valence-corrected chi connectivity index (χ4v) is 4.70. The number of ether oxygens (including phenoxy) is 1. The highest BCUT2D eigenvalue weighted by Gasteiger charge is 2.48. The molecular weight excluding hydrogens is 472 g/mol. The molecule has 3 N–H and O–H groups in total. The van der Waals surface area contributed by atoms with E-state index >= 15 is 0 Å². The summed E-state index contributed by atoms with van der Waals surface area (Å²) in [6, 6.07) is 15.1. The lowest BCUT2D eigenvalue weighted by molar-refractivity contribution is -0.124. The van der Waals surface area contributed by atoms with Gasteiger partial charge in [-0.25, -0.2) is 4.79 Å². The van der Waals surface area contributed by atoms with Crippen LogP contribution in [0.15, 0.2) is 65.6 Å². The number of rotatable bonds is 7. The Morgan fingerprint density at radius 1 is 1.03 bits per heavy atom. The first-order valence-corrected chi connectivity index (χ1v) is 11.8. The van der Waals surface area contributed by atoms with Gasteiger partial charge in [0.1, 0.15) is 17.9 Å². The van der Waals surface area contributed by atoms with Crippen molar-refractivity contribution in [3.63, 3.8) is 0 Å². The number of hydrogen-bond donors (Lipinski definition) is 3. The fraction of sp³-hybridized carbons (Fsp3) is 0.214. The Labute approximate surface area is 212 Å². The van der Waals surface area contributed by atoms with E-state index in [9.17, 15) is 19.2 Å². The van der Waals surface area contributed by atoms with E-state index in [1.54, 1.807) is 66.6 Å². The first kappa shape index (κ1) is 23.9. The maximum absolute atomic E-state index is 13.1. The second-order valence-electron chi connectivity index (χ2n) is 8.81. The first-order valence-electron chi connectivity index (χ1n) is 11.8. The molecule has 2 aliphatic heterocycles. The maximum atomic E-state index is 13.1. The summed E-state index contributed by atoms with van der Waals surface area (Å²) in [7, 11) is 0. The van der Waals surface area contributed by atoms with E-state index < -0.39 is 17.5 Å². The Morgan fingerprint density at radius 3 is 2.54 bits per heavy atom. The Hall–Kier alpha value is -4.84. The molecule has 3 aromatic rings. The van der Waals surface area contributed by atoms with E-state index in [1.807, 2.05) is 6.07 Å². The number of urea groups is 1. The van der Waals surface area contributed by atoms with Crippen molar-refractivity contribution in [1.82, 2.24) is 20.5 Å². The number of amides is 4. The van der Waals surface area contributed by atoms with E-state index in [1.165, 1.54) is 0 Å². The van der Waals surface area contributed by atoms with Crippen molar-refractivity contribution in [3.05, 3.63) is 87.8 Å². The van der Waals surface area contributed by atoms with Crippen molar-refractivity contribution in [2.24, 2.45) is 0 Å². The quantitative estimate of drug-likeness (QED) is 0.343. The van der Waals surface area contributed by atoms with Crippen molar-refractivity contribution in [2.75, 3.05) is 13.2 Å². The van der Waals surface area contributed by atoms with Crippen LogP contribution in [0, 0.1) is 11.8 Å². The van der Waals surface area contributed by atoms with Crippen LogP contribution in [-0.2, 0) is 16.9 Å². The minimum Gasteiger partial charge on any atom is -0.481 e. The molecule has 0 bridgehead atoms. The molecule has 5 rings (SSSR count). The highest BCUT2D eigenvalue weighted by Crippen LogP contribution is 2.33. The number of aromatic amines is 1. The molecule has 0 aliphatic carbocycles. The zero-order valence-electron chi connectivity index (χ0n) is 20.1. The molecule has 2 aromatic carbocycles. The average Bonchev–Trinajstić information content (AvgIpc) is 3.38. The summed E-state index contributed by atoms with van der Waals surface area (Å²) in [4.78, 5) is 54.7. The topological polar surface area (TPSA) is 121 Å². The molecule has 1 aromatic heterocycles. The number of carbonyl (C=O) groups excluding carboxylic acids is 3. The summed E-state index contributed by atoms with van der Waals surface area (Å²) in [5, 5.41) is 5.09. The molecule has 9 heteroatoms. The zero-order valence-corrected chi connectivity index (χ0v) is 20.1. The zero-order chi connectivity index (χ0) is 26.0. The lowest BCUT2D eigenvalue weighted by Crippen LogP contribution is -2.46. The van der Waals surface area contributed by atoms with Crippen LogP contribution in [0.1, 0.15) is 34.8 Å². The molecule has 0 unspecified atom stereocenters. The van der Waals surface area contributed by atoms with E-state index in [4.69, 9.17) is 4.74 Å². The predicted octanol–water partition coefficient (Wildman–Crippen LogP) is 2.52. The third kappa shape index (κ3) is 4.45. The summed E-state index contributed by atoms with van der Waals surface area (Å²) in [5.74, 6) is 5.49. The Morgan fingerprint density at radius 2 is 1.84 bits per heavy atom. The van der Waals surface area contributed by atoms with Gasteiger partial charge in [0.2, 0.25) is 0 Å². The highest BCUT2D eigenvalue weighted by atomic mass is 16.5. The number of hydrogen-bond acceptors (Lipinski definition) is 5. The van der Waals surface area contributed by atoms with Crippen molar-refractivity contribution in [3.8, 4) is 28.7 Å². The summed E-state index contributed by atoms with van der Waals surface area (Å²) >= 11 is 0. The Bertz CT molecular complexity index is 1520. The van der Waals surface area contributed by atoms with Gasteiger partial charge in [-0.1, -0.05) is 36.3 Å². The minimum absolute atomic E-state index is 0.166. The molecule has 37 heavy (non-hydrogen) atoms. The van der Waals surface area contributed by atoms with Gasteiger partial charge in [-0.2, -0.15) is 0 Å². The largest absolute Gasteiger partial charge is 0.481 e. The minimum atomic E-state index is -1.35. The summed E-state index contributed by atoms with van der Waals surface area (Å²) < 4.78 is 5.58. The monoisotopic (exact) mass is 496 g/mol. The van der Waals surface area contributed by atoms with E-state index in [0.29, 0.717) is 34.5 Å². The molecule has 0 spiro atoms.